The molecule has 11 heteroatoms. The van der Waals surface area contributed by atoms with E-state index in [1.165, 1.54) is 23.2 Å². The molecule has 0 unspecified atom stereocenters. The van der Waals surface area contributed by atoms with Crippen LogP contribution in [0.15, 0.2) is 71.8 Å². The van der Waals surface area contributed by atoms with Crippen molar-refractivity contribution >= 4 is 70.9 Å². The summed E-state index contributed by atoms with van der Waals surface area (Å²) in [4.78, 5) is 29.7. The van der Waals surface area contributed by atoms with Gasteiger partial charge in [0.1, 0.15) is 12.4 Å². The number of aromatic nitrogens is 2. The summed E-state index contributed by atoms with van der Waals surface area (Å²) in [7, 11) is 1.54. The molecule has 1 aliphatic carbocycles. The van der Waals surface area contributed by atoms with Crippen LogP contribution in [0.4, 0.5) is 0 Å². The van der Waals surface area contributed by atoms with Crippen molar-refractivity contribution in [2.45, 2.75) is 44.6 Å². The predicted octanol–water partition coefficient (Wildman–Crippen LogP) is 7.90. The highest BCUT2D eigenvalue weighted by Gasteiger charge is 2.23. The molecule has 41 heavy (non-hydrogen) atoms. The van der Waals surface area contributed by atoms with E-state index in [-0.39, 0.29) is 23.6 Å². The van der Waals surface area contributed by atoms with Crippen LogP contribution in [0, 0.1) is 0 Å². The monoisotopic (exact) mass is 745 g/mol. The second kappa shape index (κ2) is 12.9. The molecule has 0 aliphatic heterocycles. The molecular formula is C30H26Br3N3O5. The maximum atomic E-state index is 13.7. The van der Waals surface area contributed by atoms with Gasteiger partial charge in [-0.3, -0.25) is 4.79 Å². The molecule has 0 amide bonds. The van der Waals surface area contributed by atoms with Crippen LogP contribution in [0.5, 0.6) is 11.5 Å². The molecular weight excluding hydrogens is 722 g/mol. The zero-order chi connectivity index (χ0) is 29.1. The van der Waals surface area contributed by atoms with Crippen molar-refractivity contribution in [3.8, 4) is 11.5 Å². The first-order valence-corrected chi connectivity index (χ1v) is 15.4. The van der Waals surface area contributed by atoms with Crippen molar-refractivity contribution in [2.24, 2.45) is 5.10 Å². The van der Waals surface area contributed by atoms with Gasteiger partial charge >= 0.3 is 5.97 Å². The summed E-state index contributed by atoms with van der Waals surface area (Å²) in [5.41, 5.74) is 2.12. The van der Waals surface area contributed by atoms with Gasteiger partial charge in [0.25, 0.3) is 5.56 Å². The Morgan fingerprint density at radius 2 is 1.80 bits per heavy atom. The van der Waals surface area contributed by atoms with Crippen LogP contribution in [-0.2, 0) is 6.61 Å². The van der Waals surface area contributed by atoms with E-state index >= 15 is 0 Å². The number of hydrogen-bond donors (Lipinski definition) is 1. The average molecular weight is 748 g/mol. The number of methoxy groups -OCH3 is 1. The smallest absolute Gasteiger partial charge is 0.335 e. The van der Waals surface area contributed by atoms with Gasteiger partial charge in [0.15, 0.2) is 11.5 Å². The van der Waals surface area contributed by atoms with Gasteiger partial charge in [-0.15, -0.1) is 0 Å². The third-order valence-electron chi connectivity index (χ3n) is 7.08. The Kier molecular flexibility index (Phi) is 9.25. The van der Waals surface area contributed by atoms with Crippen molar-refractivity contribution in [2.75, 3.05) is 7.11 Å². The Bertz CT molecular complexity index is 1700. The minimum atomic E-state index is -0.983. The number of carboxylic acid groups (broad SMARTS) is 1. The van der Waals surface area contributed by atoms with Crippen LogP contribution < -0.4 is 15.0 Å². The molecule has 0 spiro atoms. The normalized spacial score (nSPS) is 14.0. The quantitative estimate of drug-likeness (QED) is 0.184. The number of halogens is 3. The van der Waals surface area contributed by atoms with E-state index in [1.807, 2.05) is 12.1 Å². The lowest BCUT2D eigenvalue weighted by Gasteiger charge is -2.22. The van der Waals surface area contributed by atoms with E-state index in [1.54, 1.807) is 37.6 Å². The summed E-state index contributed by atoms with van der Waals surface area (Å²) >= 11 is 10.7. The molecule has 1 aromatic heterocycles. The first kappa shape index (κ1) is 29.5. The molecule has 4 aromatic rings. The van der Waals surface area contributed by atoms with Crippen molar-refractivity contribution in [1.82, 2.24) is 9.66 Å². The van der Waals surface area contributed by atoms with Gasteiger partial charge in [0.05, 0.1) is 34.3 Å². The largest absolute Gasteiger partial charge is 0.493 e. The molecule has 212 valence electrons. The molecule has 3 aromatic carbocycles. The van der Waals surface area contributed by atoms with E-state index in [9.17, 15) is 9.59 Å². The Hall–Kier alpha value is -3.02. The fraction of sp³-hybridized carbons (Fsp3) is 0.267. The molecule has 1 heterocycles. The second-order valence-corrected chi connectivity index (χ2v) is 12.2. The SMILES string of the molecule is COc1cc(C=Nn2c(C3CCCCC3)nc3ccc(Br)cc3c2=O)c(Br)c(Br)c1OCc1ccc(C(=O)O)cc1. The van der Waals surface area contributed by atoms with Gasteiger partial charge in [-0.05, 0) is 86.7 Å². The summed E-state index contributed by atoms with van der Waals surface area (Å²) in [6, 6.07) is 13.8. The van der Waals surface area contributed by atoms with Crippen LogP contribution in [-0.4, -0.2) is 34.1 Å². The molecule has 1 aliphatic rings. The summed E-state index contributed by atoms with van der Waals surface area (Å²) in [5.74, 6) is 0.784. The number of carbonyl (C=O) groups is 1. The van der Waals surface area contributed by atoms with Crippen LogP contribution in [0.2, 0.25) is 0 Å². The minimum absolute atomic E-state index is 0.159. The first-order valence-electron chi connectivity index (χ1n) is 13.0. The van der Waals surface area contributed by atoms with E-state index in [0.717, 1.165) is 35.7 Å². The number of rotatable bonds is 8. The molecule has 0 radical (unpaired) electrons. The van der Waals surface area contributed by atoms with Crippen molar-refractivity contribution in [1.29, 1.82) is 0 Å². The summed E-state index contributed by atoms with van der Waals surface area (Å²) in [6.45, 7) is 0.202. The molecule has 0 atom stereocenters. The third-order valence-corrected chi connectivity index (χ3v) is 9.71. The Balaban J connectivity index is 1.50. The molecule has 1 N–H and O–H groups in total. The van der Waals surface area contributed by atoms with Gasteiger partial charge in [-0.1, -0.05) is 47.3 Å². The van der Waals surface area contributed by atoms with Crippen molar-refractivity contribution in [3.05, 3.63) is 94.8 Å². The van der Waals surface area contributed by atoms with Crippen LogP contribution in [0.3, 0.4) is 0 Å². The number of carboxylic acids is 1. The standard InChI is InChI=1S/C30H26Br3N3O5/c1-40-24-13-20(25(32)26(33)27(24)41-16-17-7-9-19(10-8-17)30(38)39)15-34-36-28(18-5-3-2-4-6-18)35-23-12-11-21(31)14-22(23)29(36)37/h7-15,18H,2-6,16H2,1H3,(H,38,39). The molecule has 1 saturated carbocycles. The van der Waals surface area contributed by atoms with Gasteiger partial charge < -0.3 is 14.6 Å². The van der Waals surface area contributed by atoms with E-state index in [2.05, 4.69) is 52.9 Å². The molecule has 0 saturated heterocycles. The number of fused-ring (bicyclic) bond motifs is 1. The van der Waals surface area contributed by atoms with Gasteiger partial charge in [-0.2, -0.15) is 9.78 Å². The highest BCUT2D eigenvalue weighted by Crippen LogP contribution is 2.42. The zero-order valence-corrected chi connectivity index (χ0v) is 26.8. The molecule has 8 nitrogen and oxygen atoms in total. The number of nitrogens with zero attached hydrogens (tertiary/aromatic N) is 3. The second-order valence-electron chi connectivity index (χ2n) is 9.74. The third kappa shape index (κ3) is 6.42. The minimum Gasteiger partial charge on any atom is -0.493 e. The maximum Gasteiger partial charge on any atom is 0.335 e. The lowest BCUT2D eigenvalue weighted by atomic mass is 9.88. The number of hydrogen-bond acceptors (Lipinski definition) is 6. The average Bonchev–Trinajstić information content (AvgIpc) is 2.98. The Morgan fingerprint density at radius 3 is 2.49 bits per heavy atom. The fourth-order valence-electron chi connectivity index (χ4n) is 4.91. The molecule has 1 fully saturated rings. The summed E-state index contributed by atoms with van der Waals surface area (Å²) < 4.78 is 15.2. The van der Waals surface area contributed by atoms with Crippen LogP contribution in [0.25, 0.3) is 10.9 Å². The van der Waals surface area contributed by atoms with Crippen LogP contribution >= 0.6 is 47.8 Å². The number of benzene rings is 3. The van der Waals surface area contributed by atoms with E-state index in [4.69, 9.17) is 19.6 Å². The lowest BCUT2D eigenvalue weighted by Crippen LogP contribution is -2.25. The highest BCUT2D eigenvalue weighted by atomic mass is 79.9. The van der Waals surface area contributed by atoms with E-state index < -0.39 is 5.97 Å². The number of ether oxygens (including phenoxy) is 2. The van der Waals surface area contributed by atoms with Crippen LogP contribution in [0.1, 0.15) is 65.3 Å². The lowest BCUT2D eigenvalue weighted by molar-refractivity contribution is 0.0697. The molecule has 0 bridgehead atoms. The van der Waals surface area contributed by atoms with Gasteiger partial charge in [0.2, 0.25) is 0 Å². The predicted molar refractivity (Wildman–Crippen MR) is 169 cm³/mol. The Morgan fingerprint density at radius 1 is 1.07 bits per heavy atom. The fourth-order valence-corrected chi connectivity index (χ4v) is 6.20. The van der Waals surface area contributed by atoms with E-state index in [0.29, 0.717) is 42.7 Å². The van der Waals surface area contributed by atoms with Gasteiger partial charge in [0, 0.05) is 20.4 Å². The van der Waals surface area contributed by atoms with Gasteiger partial charge in [-0.25, -0.2) is 9.78 Å². The van der Waals surface area contributed by atoms with Crippen molar-refractivity contribution < 1.29 is 19.4 Å². The van der Waals surface area contributed by atoms with Crippen molar-refractivity contribution in [3.63, 3.8) is 0 Å². The number of aromatic carboxylic acids is 1. The molecule has 5 rings (SSSR count). The topological polar surface area (TPSA) is 103 Å². The summed E-state index contributed by atoms with van der Waals surface area (Å²) in [6.07, 6.45) is 6.95. The summed E-state index contributed by atoms with van der Waals surface area (Å²) in [5, 5.41) is 14.3. The highest BCUT2D eigenvalue weighted by molar-refractivity contribution is 9.13. The zero-order valence-electron chi connectivity index (χ0n) is 22.1. The first-order chi connectivity index (χ1) is 19.8. The maximum absolute atomic E-state index is 13.7. The Labute approximate surface area is 261 Å².